The minimum atomic E-state index is -0.363. The third kappa shape index (κ3) is 3.88. The van der Waals surface area contributed by atoms with Gasteiger partial charge in [0, 0.05) is 25.9 Å². The predicted molar refractivity (Wildman–Crippen MR) is 85.5 cm³/mol. The molecule has 23 heavy (non-hydrogen) atoms. The van der Waals surface area contributed by atoms with Crippen LogP contribution in [-0.2, 0) is 0 Å². The molecule has 0 saturated heterocycles. The fourth-order valence-corrected chi connectivity index (χ4v) is 2.07. The largest absolute Gasteiger partial charge is 0.482 e. The lowest BCUT2D eigenvalue weighted by Crippen LogP contribution is -2.23. The molecule has 0 fully saturated rings. The van der Waals surface area contributed by atoms with Gasteiger partial charge in [0.15, 0.2) is 5.75 Å². The maximum atomic E-state index is 12.0. The van der Waals surface area contributed by atoms with Crippen LogP contribution in [0.15, 0.2) is 30.5 Å². The smallest absolute Gasteiger partial charge is 0.271 e. The standard InChI is InChI=1S/C16H20N4O3/c1-4-18-15(21)12-9-13(14(20-12)16(22)17-3)23-10(2)11-7-5-6-8-19-11/h5-10,20H,4H2,1-3H3,(H,17,22)(H,18,21). The van der Waals surface area contributed by atoms with Crippen molar-refractivity contribution in [2.24, 2.45) is 0 Å². The zero-order chi connectivity index (χ0) is 16.8. The molecule has 7 heteroatoms. The number of nitrogens with one attached hydrogen (secondary N) is 3. The highest BCUT2D eigenvalue weighted by Gasteiger charge is 2.21. The maximum Gasteiger partial charge on any atom is 0.271 e. The molecule has 0 aromatic carbocycles. The van der Waals surface area contributed by atoms with Gasteiger partial charge in [0.1, 0.15) is 17.5 Å². The lowest BCUT2D eigenvalue weighted by molar-refractivity contribution is 0.0951. The van der Waals surface area contributed by atoms with E-state index in [-0.39, 0.29) is 29.3 Å². The highest BCUT2D eigenvalue weighted by Crippen LogP contribution is 2.25. The topological polar surface area (TPSA) is 96.1 Å². The molecule has 2 aromatic heterocycles. The molecule has 122 valence electrons. The first-order valence-corrected chi connectivity index (χ1v) is 7.37. The third-order valence-electron chi connectivity index (χ3n) is 3.23. The summed E-state index contributed by atoms with van der Waals surface area (Å²) in [6.07, 6.45) is 1.31. The van der Waals surface area contributed by atoms with Gasteiger partial charge in [0.05, 0.1) is 5.69 Å². The van der Waals surface area contributed by atoms with Gasteiger partial charge in [0.2, 0.25) is 0 Å². The van der Waals surface area contributed by atoms with Crippen molar-refractivity contribution in [3.05, 3.63) is 47.5 Å². The number of carbonyl (C=O) groups excluding carboxylic acids is 2. The summed E-state index contributed by atoms with van der Waals surface area (Å²) in [6.45, 7) is 4.14. The molecular weight excluding hydrogens is 296 g/mol. The normalized spacial score (nSPS) is 11.6. The van der Waals surface area contributed by atoms with Crippen LogP contribution in [0.25, 0.3) is 0 Å². The summed E-state index contributed by atoms with van der Waals surface area (Å²) in [5, 5.41) is 5.20. The molecule has 1 unspecified atom stereocenters. The second kappa shape index (κ2) is 7.44. The van der Waals surface area contributed by atoms with Crippen molar-refractivity contribution in [1.82, 2.24) is 20.6 Å². The first-order chi connectivity index (χ1) is 11.1. The zero-order valence-corrected chi connectivity index (χ0v) is 13.3. The SMILES string of the molecule is CCNC(=O)c1cc(OC(C)c2ccccn2)c(C(=O)NC)[nH]1. The van der Waals surface area contributed by atoms with Gasteiger partial charge in [-0.25, -0.2) is 0 Å². The monoisotopic (exact) mass is 316 g/mol. The highest BCUT2D eigenvalue weighted by atomic mass is 16.5. The van der Waals surface area contributed by atoms with E-state index in [1.807, 2.05) is 32.0 Å². The Morgan fingerprint density at radius 3 is 2.74 bits per heavy atom. The molecule has 2 aromatic rings. The Morgan fingerprint density at radius 1 is 1.35 bits per heavy atom. The molecule has 0 aliphatic rings. The van der Waals surface area contributed by atoms with Crippen LogP contribution in [0.2, 0.25) is 0 Å². The van der Waals surface area contributed by atoms with Crippen LogP contribution in [0.4, 0.5) is 0 Å². The second-order valence-electron chi connectivity index (χ2n) is 4.88. The third-order valence-corrected chi connectivity index (χ3v) is 3.23. The molecule has 0 aliphatic carbocycles. The number of aromatic nitrogens is 2. The number of rotatable bonds is 6. The maximum absolute atomic E-state index is 12.0. The number of amides is 2. The van der Waals surface area contributed by atoms with Crippen molar-refractivity contribution in [3.8, 4) is 5.75 Å². The number of hydrogen-bond acceptors (Lipinski definition) is 4. The first-order valence-electron chi connectivity index (χ1n) is 7.37. The van der Waals surface area contributed by atoms with E-state index >= 15 is 0 Å². The summed E-state index contributed by atoms with van der Waals surface area (Å²) in [4.78, 5) is 30.9. The molecule has 0 spiro atoms. The fraction of sp³-hybridized carbons (Fsp3) is 0.312. The van der Waals surface area contributed by atoms with Gasteiger partial charge in [-0.05, 0) is 26.0 Å². The number of hydrogen-bond donors (Lipinski definition) is 3. The van der Waals surface area contributed by atoms with E-state index in [1.165, 1.54) is 13.1 Å². The van der Waals surface area contributed by atoms with Crippen LogP contribution in [0.3, 0.4) is 0 Å². The molecule has 0 bridgehead atoms. The van der Waals surface area contributed by atoms with Gasteiger partial charge in [-0.1, -0.05) is 6.07 Å². The van der Waals surface area contributed by atoms with E-state index in [1.54, 1.807) is 6.20 Å². The van der Waals surface area contributed by atoms with Crippen molar-refractivity contribution < 1.29 is 14.3 Å². The fourth-order valence-electron chi connectivity index (χ4n) is 2.07. The number of H-pyrrole nitrogens is 1. The Labute approximate surface area is 134 Å². The minimum Gasteiger partial charge on any atom is -0.482 e. The number of nitrogens with zero attached hydrogens (tertiary/aromatic N) is 1. The van der Waals surface area contributed by atoms with E-state index in [4.69, 9.17) is 4.74 Å². The summed E-state index contributed by atoms with van der Waals surface area (Å²) < 4.78 is 5.83. The van der Waals surface area contributed by atoms with E-state index in [0.717, 1.165) is 5.69 Å². The lowest BCUT2D eigenvalue weighted by Gasteiger charge is -2.13. The summed E-state index contributed by atoms with van der Waals surface area (Å²) in [7, 11) is 1.51. The molecule has 7 nitrogen and oxygen atoms in total. The van der Waals surface area contributed by atoms with Gasteiger partial charge < -0.3 is 20.4 Å². The Balaban J connectivity index is 2.28. The highest BCUT2D eigenvalue weighted by molar-refractivity contribution is 5.99. The van der Waals surface area contributed by atoms with E-state index < -0.39 is 0 Å². The quantitative estimate of drug-likeness (QED) is 0.755. The van der Waals surface area contributed by atoms with Crippen molar-refractivity contribution in [2.75, 3.05) is 13.6 Å². The average molecular weight is 316 g/mol. The summed E-state index contributed by atoms with van der Waals surface area (Å²) in [5.41, 5.74) is 1.21. The number of ether oxygens (including phenoxy) is 1. The molecule has 2 heterocycles. The Bertz CT molecular complexity index is 682. The Hall–Kier alpha value is -2.83. The molecular formula is C16H20N4O3. The van der Waals surface area contributed by atoms with Crippen LogP contribution in [-0.4, -0.2) is 35.4 Å². The van der Waals surface area contributed by atoms with Crippen molar-refractivity contribution in [2.45, 2.75) is 20.0 Å². The van der Waals surface area contributed by atoms with Crippen molar-refractivity contribution in [1.29, 1.82) is 0 Å². The van der Waals surface area contributed by atoms with Gasteiger partial charge in [-0.15, -0.1) is 0 Å². The summed E-state index contributed by atoms with van der Waals surface area (Å²) in [6, 6.07) is 7.03. The van der Waals surface area contributed by atoms with Crippen LogP contribution in [0.1, 0.15) is 46.6 Å². The van der Waals surface area contributed by atoms with E-state index in [9.17, 15) is 9.59 Å². The van der Waals surface area contributed by atoms with Crippen LogP contribution < -0.4 is 15.4 Å². The minimum absolute atomic E-state index is 0.205. The van der Waals surface area contributed by atoms with Crippen LogP contribution in [0.5, 0.6) is 5.75 Å². The molecule has 3 N–H and O–H groups in total. The van der Waals surface area contributed by atoms with E-state index in [2.05, 4.69) is 20.6 Å². The Morgan fingerprint density at radius 2 is 2.13 bits per heavy atom. The summed E-state index contributed by atoms with van der Waals surface area (Å²) >= 11 is 0. The van der Waals surface area contributed by atoms with Gasteiger partial charge in [-0.2, -0.15) is 0 Å². The van der Waals surface area contributed by atoms with Crippen LogP contribution in [0, 0.1) is 0 Å². The van der Waals surface area contributed by atoms with Gasteiger partial charge in [0.25, 0.3) is 11.8 Å². The van der Waals surface area contributed by atoms with E-state index in [0.29, 0.717) is 12.3 Å². The Kier molecular flexibility index (Phi) is 5.35. The first kappa shape index (κ1) is 16.5. The number of pyridine rings is 1. The zero-order valence-electron chi connectivity index (χ0n) is 13.3. The average Bonchev–Trinajstić information content (AvgIpc) is 2.99. The molecule has 1 atom stereocenters. The van der Waals surface area contributed by atoms with Gasteiger partial charge >= 0.3 is 0 Å². The molecule has 0 saturated carbocycles. The molecule has 2 rings (SSSR count). The van der Waals surface area contributed by atoms with Crippen molar-refractivity contribution >= 4 is 11.8 Å². The summed E-state index contributed by atoms with van der Waals surface area (Å²) in [5.74, 6) is -0.342. The molecule has 0 radical (unpaired) electrons. The lowest BCUT2D eigenvalue weighted by atomic mass is 10.2. The second-order valence-corrected chi connectivity index (χ2v) is 4.88. The van der Waals surface area contributed by atoms with Gasteiger partial charge in [-0.3, -0.25) is 14.6 Å². The predicted octanol–water partition coefficient (Wildman–Crippen LogP) is 1.66. The van der Waals surface area contributed by atoms with Crippen LogP contribution >= 0.6 is 0 Å². The number of aromatic amines is 1. The molecule has 2 amide bonds. The molecule has 0 aliphatic heterocycles. The van der Waals surface area contributed by atoms with Crippen molar-refractivity contribution in [3.63, 3.8) is 0 Å². The number of carbonyl (C=O) groups is 2.